The highest BCUT2D eigenvalue weighted by molar-refractivity contribution is 5.87. The van der Waals surface area contributed by atoms with Crippen LogP contribution in [0.2, 0.25) is 0 Å². The molecule has 1 aliphatic heterocycles. The second-order valence-electron chi connectivity index (χ2n) is 5.85. The largest absolute Gasteiger partial charge is 0.461 e. The van der Waals surface area contributed by atoms with Gasteiger partial charge in [0.2, 0.25) is 0 Å². The quantitative estimate of drug-likeness (QED) is 0.791. The fourth-order valence-electron chi connectivity index (χ4n) is 2.89. The Morgan fingerprint density at radius 2 is 1.79 bits per heavy atom. The minimum absolute atomic E-state index is 0.359. The lowest BCUT2D eigenvalue weighted by Crippen LogP contribution is -2.46. The van der Waals surface area contributed by atoms with E-state index in [1.165, 1.54) is 5.56 Å². The van der Waals surface area contributed by atoms with Crippen molar-refractivity contribution in [3.8, 4) is 0 Å². The van der Waals surface area contributed by atoms with Crippen LogP contribution in [0.1, 0.15) is 23.0 Å². The molecule has 0 unspecified atom stereocenters. The molecule has 0 atom stereocenters. The van der Waals surface area contributed by atoms with Crippen LogP contribution in [0, 0.1) is 0 Å². The third-order valence-electron chi connectivity index (χ3n) is 4.16. The van der Waals surface area contributed by atoms with Crippen molar-refractivity contribution < 1.29 is 9.53 Å². The molecule has 1 aromatic carbocycles. The minimum Gasteiger partial charge on any atom is -0.461 e. The molecule has 0 bridgehead atoms. The van der Waals surface area contributed by atoms with E-state index in [0.29, 0.717) is 12.3 Å². The topological polar surface area (TPSA) is 45.7 Å². The summed E-state index contributed by atoms with van der Waals surface area (Å²) < 4.78 is 5.03. The van der Waals surface area contributed by atoms with Crippen LogP contribution in [0.3, 0.4) is 0 Å². The van der Waals surface area contributed by atoms with Crippen LogP contribution in [-0.4, -0.2) is 48.6 Å². The number of hydrogen-bond donors (Lipinski definition) is 0. The fourth-order valence-corrected chi connectivity index (χ4v) is 2.89. The Labute approximate surface area is 142 Å². The Morgan fingerprint density at radius 3 is 2.50 bits per heavy atom. The number of rotatable bonds is 5. The summed E-state index contributed by atoms with van der Waals surface area (Å²) in [5.41, 5.74) is 1.72. The smallest absolute Gasteiger partial charge is 0.356 e. The van der Waals surface area contributed by atoms with Gasteiger partial charge in [-0.2, -0.15) is 0 Å². The molecule has 1 fully saturated rings. The van der Waals surface area contributed by atoms with Gasteiger partial charge in [0.15, 0.2) is 5.69 Å². The standard InChI is InChI=1S/C19H23N3O2/c1-2-24-19(23)17-9-6-10-18(20-17)22-13-11-21(12-14-22)15-16-7-4-3-5-8-16/h3-10H,2,11-15H2,1H3. The summed E-state index contributed by atoms with van der Waals surface area (Å²) >= 11 is 0. The monoisotopic (exact) mass is 325 g/mol. The van der Waals surface area contributed by atoms with Gasteiger partial charge in [0.1, 0.15) is 5.82 Å². The molecule has 0 radical (unpaired) electrons. The van der Waals surface area contributed by atoms with Crippen LogP contribution in [-0.2, 0) is 11.3 Å². The number of aromatic nitrogens is 1. The van der Waals surface area contributed by atoms with Gasteiger partial charge in [-0.15, -0.1) is 0 Å². The predicted octanol–water partition coefficient (Wildman–Crippen LogP) is 2.58. The molecular formula is C19H23N3O2. The number of nitrogens with zero attached hydrogens (tertiary/aromatic N) is 3. The average molecular weight is 325 g/mol. The molecule has 3 rings (SSSR count). The molecule has 0 spiro atoms. The highest BCUT2D eigenvalue weighted by Crippen LogP contribution is 2.16. The number of ether oxygens (including phenoxy) is 1. The van der Waals surface area contributed by atoms with Gasteiger partial charge in [-0.05, 0) is 24.6 Å². The van der Waals surface area contributed by atoms with Crippen LogP contribution < -0.4 is 4.90 Å². The van der Waals surface area contributed by atoms with Crippen LogP contribution in [0.15, 0.2) is 48.5 Å². The number of hydrogen-bond acceptors (Lipinski definition) is 5. The highest BCUT2D eigenvalue weighted by Gasteiger charge is 2.19. The molecule has 0 amide bonds. The summed E-state index contributed by atoms with van der Waals surface area (Å²) in [5.74, 6) is 0.488. The maximum atomic E-state index is 11.8. The van der Waals surface area contributed by atoms with Crippen molar-refractivity contribution in [3.05, 3.63) is 59.8 Å². The summed E-state index contributed by atoms with van der Waals surface area (Å²) in [5, 5.41) is 0. The van der Waals surface area contributed by atoms with Crippen LogP contribution >= 0.6 is 0 Å². The summed E-state index contributed by atoms with van der Waals surface area (Å²) in [6, 6.07) is 16.1. The minimum atomic E-state index is -0.359. The molecule has 2 aromatic rings. The van der Waals surface area contributed by atoms with E-state index in [0.717, 1.165) is 38.5 Å². The summed E-state index contributed by atoms with van der Waals surface area (Å²) in [6.07, 6.45) is 0. The zero-order valence-corrected chi connectivity index (χ0v) is 14.0. The molecule has 5 heteroatoms. The first-order chi connectivity index (χ1) is 11.8. The highest BCUT2D eigenvalue weighted by atomic mass is 16.5. The Bertz CT molecular complexity index is 667. The van der Waals surface area contributed by atoms with Gasteiger partial charge < -0.3 is 9.64 Å². The van der Waals surface area contributed by atoms with E-state index < -0.39 is 0 Å². The molecule has 0 N–H and O–H groups in total. The Balaban J connectivity index is 1.58. The lowest BCUT2D eigenvalue weighted by Gasteiger charge is -2.35. The maximum absolute atomic E-state index is 11.8. The first kappa shape index (κ1) is 16.5. The molecule has 1 saturated heterocycles. The van der Waals surface area contributed by atoms with E-state index in [2.05, 4.69) is 39.0 Å². The van der Waals surface area contributed by atoms with E-state index >= 15 is 0 Å². The first-order valence-electron chi connectivity index (χ1n) is 8.41. The molecule has 2 heterocycles. The van der Waals surface area contributed by atoms with Gasteiger partial charge >= 0.3 is 5.97 Å². The van der Waals surface area contributed by atoms with E-state index in [-0.39, 0.29) is 5.97 Å². The van der Waals surface area contributed by atoms with Gasteiger partial charge in [-0.3, -0.25) is 4.90 Å². The van der Waals surface area contributed by atoms with E-state index in [1.807, 2.05) is 18.2 Å². The van der Waals surface area contributed by atoms with Crippen molar-refractivity contribution in [2.75, 3.05) is 37.7 Å². The van der Waals surface area contributed by atoms with Crippen molar-refractivity contribution >= 4 is 11.8 Å². The molecule has 24 heavy (non-hydrogen) atoms. The zero-order valence-electron chi connectivity index (χ0n) is 14.0. The van der Waals surface area contributed by atoms with Gasteiger partial charge in [0.25, 0.3) is 0 Å². The van der Waals surface area contributed by atoms with Gasteiger partial charge in [0.05, 0.1) is 6.61 Å². The number of carbonyl (C=O) groups excluding carboxylic acids is 1. The third-order valence-corrected chi connectivity index (χ3v) is 4.16. The zero-order chi connectivity index (χ0) is 16.8. The van der Waals surface area contributed by atoms with Crippen molar-refractivity contribution in [1.82, 2.24) is 9.88 Å². The summed E-state index contributed by atoms with van der Waals surface area (Å²) in [4.78, 5) is 21.0. The number of carbonyl (C=O) groups is 1. The molecular weight excluding hydrogens is 302 g/mol. The fraction of sp³-hybridized carbons (Fsp3) is 0.368. The number of pyridine rings is 1. The second-order valence-corrected chi connectivity index (χ2v) is 5.85. The van der Waals surface area contributed by atoms with Crippen molar-refractivity contribution in [2.24, 2.45) is 0 Å². The summed E-state index contributed by atoms with van der Waals surface area (Å²) in [7, 11) is 0. The Hall–Kier alpha value is -2.40. The molecule has 0 aliphatic carbocycles. The number of anilines is 1. The predicted molar refractivity (Wildman–Crippen MR) is 94.1 cm³/mol. The van der Waals surface area contributed by atoms with E-state index in [4.69, 9.17) is 4.74 Å². The van der Waals surface area contributed by atoms with Gasteiger partial charge in [-0.25, -0.2) is 9.78 Å². The molecule has 0 saturated carbocycles. The summed E-state index contributed by atoms with van der Waals surface area (Å²) in [6.45, 7) is 6.93. The SMILES string of the molecule is CCOC(=O)c1cccc(N2CCN(Cc3ccccc3)CC2)n1. The van der Waals surface area contributed by atoms with Crippen molar-refractivity contribution in [3.63, 3.8) is 0 Å². The second kappa shape index (κ2) is 7.93. The maximum Gasteiger partial charge on any atom is 0.356 e. The van der Waals surface area contributed by atoms with Gasteiger partial charge in [0, 0.05) is 32.7 Å². The van der Waals surface area contributed by atoms with E-state index in [1.54, 1.807) is 13.0 Å². The Morgan fingerprint density at radius 1 is 1.04 bits per heavy atom. The lowest BCUT2D eigenvalue weighted by atomic mass is 10.2. The average Bonchev–Trinajstić information content (AvgIpc) is 2.63. The number of benzene rings is 1. The first-order valence-corrected chi connectivity index (χ1v) is 8.41. The molecule has 1 aliphatic rings. The van der Waals surface area contributed by atoms with Crippen molar-refractivity contribution in [2.45, 2.75) is 13.5 Å². The van der Waals surface area contributed by atoms with E-state index in [9.17, 15) is 4.79 Å². The normalized spacial score (nSPS) is 15.3. The molecule has 126 valence electrons. The van der Waals surface area contributed by atoms with Crippen molar-refractivity contribution in [1.29, 1.82) is 0 Å². The van der Waals surface area contributed by atoms with Crippen LogP contribution in [0.4, 0.5) is 5.82 Å². The number of esters is 1. The Kier molecular flexibility index (Phi) is 5.43. The number of piperazine rings is 1. The van der Waals surface area contributed by atoms with Gasteiger partial charge in [-0.1, -0.05) is 36.4 Å². The van der Waals surface area contributed by atoms with Crippen LogP contribution in [0.25, 0.3) is 0 Å². The third kappa shape index (κ3) is 4.11. The lowest BCUT2D eigenvalue weighted by molar-refractivity contribution is 0.0519. The van der Waals surface area contributed by atoms with Crippen LogP contribution in [0.5, 0.6) is 0 Å². The molecule has 1 aromatic heterocycles. The molecule has 5 nitrogen and oxygen atoms in total.